The summed E-state index contributed by atoms with van der Waals surface area (Å²) in [5.74, 6) is -0.379. The molecule has 1 N–H and O–H groups in total. The Morgan fingerprint density at radius 1 is 1.19 bits per heavy atom. The van der Waals surface area contributed by atoms with Gasteiger partial charge in [0, 0.05) is 30.4 Å². The lowest BCUT2D eigenvalue weighted by Crippen LogP contribution is -2.06. The zero-order chi connectivity index (χ0) is 18.5. The second kappa shape index (κ2) is 8.21. The molecule has 0 fully saturated rings. The first-order valence-corrected chi connectivity index (χ1v) is 8.60. The number of pyridine rings is 1. The molecule has 8 heteroatoms. The summed E-state index contributed by atoms with van der Waals surface area (Å²) in [6, 6.07) is 10.6. The van der Waals surface area contributed by atoms with Crippen molar-refractivity contribution in [1.82, 2.24) is 14.8 Å². The molecule has 3 rings (SSSR count). The van der Waals surface area contributed by atoms with Crippen molar-refractivity contribution in [1.29, 1.82) is 0 Å². The molecule has 0 radical (unpaired) electrons. The quantitative estimate of drug-likeness (QED) is 0.600. The first-order valence-electron chi connectivity index (χ1n) is 7.85. The van der Waals surface area contributed by atoms with Crippen LogP contribution in [0.1, 0.15) is 12.8 Å². The van der Waals surface area contributed by atoms with E-state index in [9.17, 15) is 4.79 Å². The monoisotopic (exact) mass is 391 g/mol. The molecule has 0 amide bonds. The second-order valence-corrected chi connectivity index (χ2v) is 6.28. The van der Waals surface area contributed by atoms with Crippen LogP contribution in [0, 0.1) is 0 Å². The fourth-order valence-electron chi connectivity index (χ4n) is 2.32. The van der Waals surface area contributed by atoms with E-state index in [-0.39, 0.29) is 13.0 Å². The zero-order valence-corrected chi connectivity index (χ0v) is 15.1. The SMILES string of the molecule is O=C(O)CCCOc1cc(-c2cccnc2)nn1-c1ccc(Cl)c(Cl)c1. The Kier molecular flexibility index (Phi) is 5.75. The van der Waals surface area contributed by atoms with Gasteiger partial charge >= 0.3 is 5.97 Å². The summed E-state index contributed by atoms with van der Waals surface area (Å²) in [4.78, 5) is 14.7. The maximum atomic E-state index is 10.7. The molecular weight excluding hydrogens is 377 g/mol. The van der Waals surface area contributed by atoms with E-state index >= 15 is 0 Å². The number of aromatic nitrogens is 3. The molecule has 6 nitrogen and oxygen atoms in total. The Balaban J connectivity index is 1.93. The molecule has 2 heterocycles. The number of benzene rings is 1. The van der Waals surface area contributed by atoms with Crippen LogP contribution >= 0.6 is 23.2 Å². The molecule has 2 aromatic heterocycles. The highest BCUT2D eigenvalue weighted by molar-refractivity contribution is 6.42. The Morgan fingerprint density at radius 3 is 2.73 bits per heavy atom. The van der Waals surface area contributed by atoms with Crippen LogP contribution in [0.25, 0.3) is 16.9 Å². The van der Waals surface area contributed by atoms with Gasteiger partial charge in [0.1, 0.15) is 0 Å². The van der Waals surface area contributed by atoms with E-state index in [1.807, 2.05) is 12.1 Å². The number of carbonyl (C=O) groups is 1. The minimum atomic E-state index is -0.859. The van der Waals surface area contributed by atoms with Crippen molar-refractivity contribution in [3.63, 3.8) is 0 Å². The molecule has 0 saturated carbocycles. The molecule has 1 aromatic carbocycles. The van der Waals surface area contributed by atoms with Crippen molar-refractivity contribution in [2.24, 2.45) is 0 Å². The summed E-state index contributed by atoms with van der Waals surface area (Å²) < 4.78 is 7.36. The molecule has 0 atom stereocenters. The first kappa shape index (κ1) is 18.2. The largest absolute Gasteiger partial charge is 0.481 e. The second-order valence-electron chi connectivity index (χ2n) is 5.47. The molecule has 26 heavy (non-hydrogen) atoms. The number of hydrogen-bond acceptors (Lipinski definition) is 4. The van der Waals surface area contributed by atoms with E-state index in [1.165, 1.54) is 0 Å². The van der Waals surface area contributed by atoms with Gasteiger partial charge in [0.05, 0.1) is 28.0 Å². The Hall–Kier alpha value is -2.57. The van der Waals surface area contributed by atoms with Crippen molar-refractivity contribution in [2.75, 3.05) is 6.61 Å². The smallest absolute Gasteiger partial charge is 0.303 e. The lowest BCUT2D eigenvalue weighted by Gasteiger charge is -2.09. The molecule has 0 aliphatic heterocycles. The van der Waals surface area contributed by atoms with E-state index < -0.39 is 5.97 Å². The summed E-state index contributed by atoms with van der Waals surface area (Å²) in [5.41, 5.74) is 2.20. The summed E-state index contributed by atoms with van der Waals surface area (Å²) in [5, 5.41) is 14.2. The van der Waals surface area contributed by atoms with Crippen LogP contribution in [0.4, 0.5) is 0 Å². The van der Waals surface area contributed by atoms with E-state index in [0.29, 0.717) is 33.7 Å². The molecule has 0 saturated heterocycles. The summed E-state index contributed by atoms with van der Waals surface area (Å²) in [6.45, 7) is 0.256. The van der Waals surface area contributed by atoms with Gasteiger partial charge in [-0.25, -0.2) is 4.68 Å². The molecule has 0 aliphatic rings. The average Bonchev–Trinajstić information content (AvgIpc) is 3.06. The van der Waals surface area contributed by atoms with E-state index in [2.05, 4.69) is 10.1 Å². The number of ether oxygens (including phenoxy) is 1. The number of carboxylic acids is 1. The standard InChI is InChI=1S/C18H15Cl2N3O3/c19-14-6-5-13(9-15(14)20)23-17(26-8-2-4-18(24)25)10-16(22-23)12-3-1-7-21-11-12/h1,3,5-7,9-11H,2,4,8H2,(H,24,25). The lowest BCUT2D eigenvalue weighted by molar-refractivity contribution is -0.137. The third kappa shape index (κ3) is 4.33. The van der Waals surface area contributed by atoms with Gasteiger partial charge in [-0.05, 0) is 36.8 Å². The summed E-state index contributed by atoms with van der Waals surface area (Å²) in [7, 11) is 0. The van der Waals surface area contributed by atoms with Crippen molar-refractivity contribution >= 4 is 29.2 Å². The minimum Gasteiger partial charge on any atom is -0.481 e. The van der Waals surface area contributed by atoms with E-state index in [1.54, 1.807) is 41.3 Å². The topological polar surface area (TPSA) is 77.2 Å². The van der Waals surface area contributed by atoms with Gasteiger partial charge in [0.2, 0.25) is 5.88 Å². The third-order valence-electron chi connectivity index (χ3n) is 3.57. The summed E-state index contributed by atoms with van der Waals surface area (Å²) in [6.07, 6.45) is 3.82. The predicted octanol–water partition coefficient (Wildman–Crippen LogP) is 4.48. The number of aliphatic carboxylic acids is 1. The Labute approximate surface area is 160 Å². The van der Waals surface area contributed by atoms with Gasteiger partial charge in [-0.15, -0.1) is 0 Å². The third-order valence-corrected chi connectivity index (χ3v) is 4.31. The molecule has 0 bridgehead atoms. The molecule has 0 spiro atoms. The van der Waals surface area contributed by atoms with Gasteiger partial charge in [0.15, 0.2) is 0 Å². The van der Waals surface area contributed by atoms with Crippen molar-refractivity contribution < 1.29 is 14.6 Å². The predicted molar refractivity (Wildman–Crippen MR) is 99.2 cm³/mol. The molecule has 0 aliphatic carbocycles. The maximum absolute atomic E-state index is 10.7. The number of carboxylic acid groups (broad SMARTS) is 1. The molecule has 3 aromatic rings. The fourth-order valence-corrected chi connectivity index (χ4v) is 2.62. The normalized spacial score (nSPS) is 10.7. The number of nitrogens with zero attached hydrogens (tertiary/aromatic N) is 3. The van der Waals surface area contributed by atoms with Gasteiger partial charge in [-0.2, -0.15) is 5.10 Å². The lowest BCUT2D eigenvalue weighted by atomic mass is 10.2. The van der Waals surface area contributed by atoms with Crippen molar-refractivity contribution in [2.45, 2.75) is 12.8 Å². The van der Waals surface area contributed by atoms with Crippen LogP contribution < -0.4 is 4.74 Å². The Morgan fingerprint density at radius 2 is 2.04 bits per heavy atom. The van der Waals surface area contributed by atoms with Crippen LogP contribution in [0.2, 0.25) is 10.0 Å². The van der Waals surface area contributed by atoms with E-state index in [4.69, 9.17) is 33.0 Å². The fraction of sp³-hybridized carbons (Fsp3) is 0.167. The number of halogens is 2. The maximum Gasteiger partial charge on any atom is 0.303 e. The van der Waals surface area contributed by atoms with Gasteiger partial charge in [-0.1, -0.05) is 23.2 Å². The van der Waals surface area contributed by atoms with Crippen molar-refractivity contribution in [3.05, 3.63) is 58.8 Å². The van der Waals surface area contributed by atoms with Crippen molar-refractivity contribution in [3.8, 4) is 22.8 Å². The highest BCUT2D eigenvalue weighted by atomic mass is 35.5. The summed E-state index contributed by atoms with van der Waals surface area (Å²) >= 11 is 12.1. The zero-order valence-electron chi connectivity index (χ0n) is 13.6. The number of rotatable bonds is 7. The first-order chi connectivity index (χ1) is 12.5. The van der Waals surface area contributed by atoms with Crippen LogP contribution in [-0.2, 0) is 4.79 Å². The molecule has 0 unspecified atom stereocenters. The van der Waals surface area contributed by atoms with Crippen LogP contribution in [-0.4, -0.2) is 32.4 Å². The Bertz CT molecular complexity index is 913. The molecule has 134 valence electrons. The molecular formula is C18H15Cl2N3O3. The van der Waals surface area contributed by atoms with E-state index in [0.717, 1.165) is 5.56 Å². The minimum absolute atomic E-state index is 0.0381. The highest BCUT2D eigenvalue weighted by Crippen LogP contribution is 2.29. The van der Waals surface area contributed by atoms with Gasteiger partial charge in [-0.3, -0.25) is 9.78 Å². The van der Waals surface area contributed by atoms with Gasteiger partial charge in [0.25, 0.3) is 0 Å². The average molecular weight is 392 g/mol. The van der Waals surface area contributed by atoms with Gasteiger partial charge < -0.3 is 9.84 Å². The van der Waals surface area contributed by atoms with Crippen LogP contribution in [0.15, 0.2) is 48.8 Å². The number of hydrogen-bond donors (Lipinski definition) is 1. The van der Waals surface area contributed by atoms with Crippen LogP contribution in [0.3, 0.4) is 0 Å². The highest BCUT2D eigenvalue weighted by Gasteiger charge is 2.14. The van der Waals surface area contributed by atoms with Crippen LogP contribution in [0.5, 0.6) is 5.88 Å².